The third-order valence-electron chi connectivity index (χ3n) is 2.81. The Morgan fingerprint density at radius 3 is 2.81 bits per heavy atom. The van der Waals surface area contributed by atoms with Gasteiger partial charge in [0.1, 0.15) is 5.01 Å². The monoisotopic (exact) mass is 301 g/mol. The number of benzene rings is 1. The number of fused-ring (bicyclic) bond motifs is 1. The van der Waals surface area contributed by atoms with E-state index in [0.29, 0.717) is 16.1 Å². The van der Waals surface area contributed by atoms with E-state index in [1.807, 2.05) is 0 Å². The fourth-order valence-electron chi connectivity index (χ4n) is 1.87. The summed E-state index contributed by atoms with van der Waals surface area (Å²) in [4.78, 5) is 29.7. The van der Waals surface area contributed by atoms with Gasteiger partial charge < -0.3 is 5.11 Å². The molecule has 0 saturated carbocycles. The minimum Gasteiger partial charge on any atom is -0.478 e. The number of thiazole rings is 1. The molecule has 0 amide bonds. The highest BCUT2D eigenvalue weighted by molar-refractivity contribution is 7.21. The second-order valence-corrected chi connectivity index (χ2v) is 5.22. The molecule has 0 bridgehead atoms. The molecule has 0 aliphatic carbocycles. The smallest absolute Gasteiger partial charge is 0.335 e. The number of carbonyl (C=O) groups is 1. The topological polar surface area (TPSA) is 106 Å². The summed E-state index contributed by atoms with van der Waals surface area (Å²) in [6.07, 6.45) is 3.24. The fourth-order valence-corrected chi connectivity index (χ4v) is 2.79. The number of carboxylic acid groups (broad SMARTS) is 1. The molecular weight excluding hydrogens is 294 g/mol. The second kappa shape index (κ2) is 4.91. The van der Waals surface area contributed by atoms with Crippen molar-refractivity contribution in [3.63, 3.8) is 0 Å². The van der Waals surface area contributed by atoms with E-state index in [9.17, 15) is 14.9 Å². The lowest BCUT2D eigenvalue weighted by molar-refractivity contribution is -0.384. The van der Waals surface area contributed by atoms with Crippen LogP contribution in [0.5, 0.6) is 0 Å². The Hall–Kier alpha value is -2.87. The van der Waals surface area contributed by atoms with Gasteiger partial charge in [-0.15, -0.1) is 11.3 Å². The second-order valence-electron chi connectivity index (χ2n) is 4.19. The van der Waals surface area contributed by atoms with Crippen molar-refractivity contribution in [3.05, 3.63) is 52.3 Å². The highest BCUT2D eigenvalue weighted by atomic mass is 32.1. The first-order valence-electron chi connectivity index (χ1n) is 5.78. The summed E-state index contributed by atoms with van der Waals surface area (Å²) in [6.45, 7) is 0. The minimum absolute atomic E-state index is 0.142. The molecule has 8 heteroatoms. The standard InChI is InChI=1S/C13H7N3O4S/c17-13(18)8-3-7(4-9(5-8)16(19)20)12-15-10-1-2-14-6-11(10)21-12/h1-6H,(H,17,18). The van der Waals surface area contributed by atoms with Gasteiger partial charge in [-0.25, -0.2) is 9.78 Å². The maximum Gasteiger partial charge on any atom is 0.335 e. The number of nitro benzene ring substituents is 1. The zero-order valence-corrected chi connectivity index (χ0v) is 11.2. The number of rotatable bonds is 3. The van der Waals surface area contributed by atoms with Gasteiger partial charge in [0.05, 0.1) is 20.7 Å². The van der Waals surface area contributed by atoms with Crippen LogP contribution in [0, 0.1) is 10.1 Å². The van der Waals surface area contributed by atoms with Gasteiger partial charge in [-0.2, -0.15) is 0 Å². The molecule has 3 rings (SSSR count). The van der Waals surface area contributed by atoms with Gasteiger partial charge in [0.25, 0.3) is 5.69 Å². The Morgan fingerprint density at radius 2 is 2.14 bits per heavy atom. The molecule has 0 saturated heterocycles. The third kappa shape index (κ3) is 2.43. The van der Waals surface area contributed by atoms with E-state index in [1.54, 1.807) is 18.5 Å². The number of non-ortho nitro benzene ring substituents is 1. The highest BCUT2D eigenvalue weighted by Gasteiger charge is 2.16. The van der Waals surface area contributed by atoms with Crippen molar-refractivity contribution in [3.8, 4) is 10.6 Å². The first-order valence-corrected chi connectivity index (χ1v) is 6.60. The first-order chi connectivity index (χ1) is 10.0. The Kier molecular flexibility index (Phi) is 3.07. The molecule has 104 valence electrons. The summed E-state index contributed by atoms with van der Waals surface area (Å²) in [5, 5.41) is 20.5. The molecule has 0 aliphatic rings. The fraction of sp³-hybridized carbons (Fsp3) is 0. The molecule has 0 unspecified atom stereocenters. The van der Waals surface area contributed by atoms with Crippen molar-refractivity contribution in [1.82, 2.24) is 9.97 Å². The molecule has 0 atom stereocenters. The first kappa shape index (κ1) is 13.1. The van der Waals surface area contributed by atoms with Crippen molar-refractivity contribution in [2.24, 2.45) is 0 Å². The van der Waals surface area contributed by atoms with E-state index in [4.69, 9.17) is 5.11 Å². The van der Waals surface area contributed by atoms with Gasteiger partial charge in [0, 0.05) is 30.1 Å². The molecule has 0 fully saturated rings. The predicted molar refractivity (Wildman–Crippen MR) is 76.5 cm³/mol. The van der Waals surface area contributed by atoms with E-state index in [1.165, 1.54) is 23.5 Å². The summed E-state index contributed by atoms with van der Waals surface area (Å²) < 4.78 is 0.830. The van der Waals surface area contributed by atoms with Gasteiger partial charge in [-0.05, 0) is 12.1 Å². The number of hydrogen-bond donors (Lipinski definition) is 1. The van der Waals surface area contributed by atoms with Crippen LogP contribution in [-0.4, -0.2) is 26.0 Å². The number of nitro groups is 1. The summed E-state index contributed by atoms with van der Waals surface area (Å²) in [5.74, 6) is -1.22. The van der Waals surface area contributed by atoms with Crippen molar-refractivity contribution >= 4 is 33.2 Å². The number of hydrogen-bond acceptors (Lipinski definition) is 6. The number of aromatic nitrogens is 2. The molecule has 0 spiro atoms. The summed E-state index contributed by atoms with van der Waals surface area (Å²) in [7, 11) is 0. The SMILES string of the molecule is O=C(O)c1cc(-c2nc3ccncc3s2)cc([N+](=O)[O-])c1. The van der Waals surface area contributed by atoms with Gasteiger partial charge >= 0.3 is 5.97 Å². The average molecular weight is 301 g/mol. The van der Waals surface area contributed by atoms with Crippen LogP contribution in [0.2, 0.25) is 0 Å². The molecule has 7 nitrogen and oxygen atoms in total. The van der Waals surface area contributed by atoms with Gasteiger partial charge in [0.2, 0.25) is 0 Å². The zero-order chi connectivity index (χ0) is 15.0. The van der Waals surface area contributed by atoms with Crippen LogP contribution < -0.4 is 0 Å². The van der Waals surface area contributed by atoms with Gasteiger partial charge in [-0.1, -0.05) is 0 Å². The lowest BCUT2D eigenvalue weighted by atomic mass is 10.1. The maximum atomic E-state index is 11.1. The maximum absolute atomic E-state index is 11.1. The van der Waals surface area contributed by atoms with Crippen LogP contribution >= 0.6 is 11.3 Å². The quantitative estimate of drug-likeness (QED) is 0.588. The highest BCUT2D eigenvalue weighted by Crippen LogP contribution is 2.32. The van der Waals surface area contributed by atoms with Crippen LogP contribution in [0.1, 0.15) is 10.4 Å². The van der Waals surface area contributed by atoms with E-state index in [-0.39, 0.29) is 11.3 Å². The van der Waals surface area contributed by atoms with Crippen LogP contribution in [0.4, 0.5) is 5.69 Å². The molecule has 0 radical (unpaired) electrons. The zero-order valence-electron chi connectivity index (χ0n) is 10.4. The Balaban J connectivity index is 2.20. The summed E-state index contributed by atoms with van der Waals surface area (Å²) in [5.41, 5.74) is 0.704. The minimum atomic E-state index is -1.22. The number of aromatic carboxylic acids is 1. The summed E-state index contributed by atoms with van der Waals surface area (Å²) >= 11 is 1.30. The lowest BCUT2D eigenvalue weighted by Crippen LogP contribution is -1.99. The van der Waals surface area contributed by atoms with Crippen LogP contribution in [-0.2, 0) is 0 Å². The van der Waals surface area contributed by atoms with E-state index in [2.05, 4.69) is 9.97 Å². The molecular formula is C13H7N3O4S. The average Bonchev–Trinajstić information content (AvgIpc) is 2.90. The van der Waals surface area contributed by atoms with Gasteiger partial charge in [0.15, 0.2) is 0 Å². The molecule has 21 heavy (non-hydrogen) atoms. The number of nitrogens with zero attached hydrogens (tertiary/aromatic N) is 3. The molecule has 2 aromatic heterocycles. The third-order valence-corrected chi connectivity index (χ3v) is 3.87. The van der Waals surface area contributed by atoms with E-state index in [0.717, 1.165) is 10.8 Å². The van der Waals surface area contributed by atoms with Crippen LogP contribution in [0.15, 0.2) is 36.7 Å². The molecule has 3 aromatic rings. The van der Waals surface area contributed by atoms with E-state index < -0.39 is 10.9 Å². The molecule has 0 aliphatic heterocycles. The number of pyridine rings is 1. The molecule has 2 heterocycles. The van der Waals surface area contributed by atoms with Crippen LogP contribution in [0.25, 0.3) is 20.8 Å². The Labute approximate surface area is 121 Å². The Bertz CT molecular complexity index is 809. The largest absolute Gasteiger partial charge is 0.478 e. The molecule has 1 aromatic carbocycles. The lowest BCUT2D eigenvalue weighted by Gasteiger charge is -2.00. The van der Waals surface area contributed by atoms with Crippen molar-refractivity contribution in [1.29, 1.82) is 0 Å². The van der Waals surface area contributed by atoms with Crippen molar-refractivity contribution < 1.29 is 14.8 Å². The molecule has 1 N–H and O–H groups in total. The summed E-state index contributed by atoms with van der Waals surface area (Å²) in [6, 6.07) is 5.45. The predicted octanol–water partition coefficient (Wildman–Crippen LogP) is 2.96. The van der Waals surface area contributed by atoms with Crippen molar-refractivity contribution in [2.45, 2.75) is 0 Å². The normalized spacial score (nSPS) is 10.7. The Morgan fingerprint density at radius 1 is 1.33 bits per heavy atom. The number of carboxylic acids is 1. The van der Waals surface area contributed by atoms with Crippen LogP contribution in [0.3, 0.4) is 0 Å². The van der Waals surface area contributed by atoms with Crippen molar-refractivity contribution in [2.75, 3.05) is 0 Å². The van der Waals surface area contributed by atoms with Gasteiger partial charge in [-0.3, -0.25) is 15.1 Å². The van der Waals surface area contributed by atoms with E-state index >= 15 is 0 Å².